The van der Waals surface area contributed by atoms with E-state index in [1.165, 1.54) is 162 Å². The number of hydrogen-bond acceptors (Lipinski definition) is 3. The monoisotopic (exact) mass is 724 g/mol. The Morgan fingerprint density at radius 2 is 1.00 bits per heavy atom. The van der Waals surface area contributed by atoms with Crippen LogP contribution in [-0.2, 0) is 6.42 Å². The summed E-state index contributed by atoms with van der Waals surface area (Å²) in [7, 11) is 0. The van der Waals surface area contributed by atoms with Gasteiger partial charge in [-0.15, -0.1) is 0 Å². The van der Waals surface area contributed by atoms with Crippen LogP contribution >= 0.6 is 0 Å². The highest BCUT2D eigenvalue weighted by atomic mass is 16.5. The molecule has 0 spiro atoms. The zero-order chi connectivity index (χ0) is 37.1. The van der Waals surface area contributed by atoms with Crippen molar-refractivity contribution in [2.75, 3.05) is 19.8 Å². The maximum absolute atomic E-state index is 6.34. The lowest BCUT2D eigenvalue weighted by molar-refractivity contribution is 0.304. The predicted molar refractivity (Wildman–Crippen MR) is 227 cm³/mol. The molecule has 0 aliphatic heterocycles. The molecule has 0 heterocycles. The predicted octanol–water partition coefficient (Wildman–Crippen LogP) is 12.7. The molecule has 0 N–H and O–H groups in total. The van der Waals surface area contributed by atoms with Gasteiger partial charge in [0.05, 0.1) is 19.8 Å². The zero-order valence-corrected chi connectivity index (χ0v) is 33.6. The molecule has 7 rings (SSSR count). The van der Waals surface area contributed by atoms with Crippen molar-refractivity contribution in [1.29, 1.82) is 0 Å². The molecule has 0 bridgehead atoms. The van der Waals surface area contributed by atoms with Gasteiger partial charge < -0.3 is 14.2 Å². The first-order valence-electron chi connectivity index (χ1n) is 21.9. The number of rotatable bonds is 24. The minimum absolute atomic E-state index is 0.783. The Kier molecular flexibility index (Phi) is 13.5. The molecule has 0 radical (unpaired) electrons. The van der Waals surface area contributed by atoms with E-state index in [4.69, 9.17) is 14.2 Å². The molecule has 3 nitrogen and oxygen atoms in total. The van der Waals surface area contributed by atoms with E-state index in [1.807, 2.05) is 0 Å². The van der Waals surface area contributed by atoms with Crippen LogP contribution in [0, 0.1) is 10.4 Å². The first kappa shape index (κ1) is 38.3. The molecule has 286 valence electrons. The van der Waals surface area contributed by atoms with E-state index >= 15 is 0 Å². The third-order valence-corrected chi connectivity index (χ3v) is 11.9. The van der Waals surface area contributed by atoms with E-state index < -0.39 is 0 Å². The molecule has 0 saturated carbocycles. The first-order chi connectivity index (χ1) is 26.7. The number of unbranched alkanes of at least 4 members (excludes halogenated alkanes) is 15. The molecule has 0 amide bonds. The van der Waals surface area contributed by atoms with Crippen molar-refractivity contribution in [3.63, 3.8) is 0 Å². The van der Waals surface area contributed by atoms with E-state index in [1.54, 1.807) is 0 Å². The summed E-state index contributed by atoms with van der Waals surface area (Å²) in [5.74, 6) is 2.96. The zero-order valence-electron chi connectivity index (χ0n) is 33.6. The fourth-order valence-corrected chi connectivity index (χ4v) is 8.94. The van der Waals surface area contributed by atoms with Crippen molar-refractivity contribution in [2.45, 2.75) is 143 Å². The molecule has 0 unspecified atom stereocenters. The normalized spacial score (nSPS) is 12.6. The Morgan fingerprint density at radius 3 is 1.61 bits per heavy atom. The van der Waals surface area contributed by atoms with Gasteiger partial charge in [-0.3, -0.25) is 0 Å². The van der Waals surface area contributed by atoms with Crippen LogP contribution < -0.4 is 24.6 Å². The number of ether oxygens (including phenoxy) is 3. The van der Waals surface area contributed by atoms with Gasteiger partial charge in [0.2, 0.25) is 0 Å². The van der Waals surface area contributed by atoms with Crippen LogP contribution in [0.3, 0.4) is 0 Å². The highest BCUT2D eigenvalue weighted by Gasteiger charge is 2.30. The fraction of sp³-hybridized carbons (Fsp3) is 0.490. The van der Waals surface area contributed by atoms with Gasteiger partial charge >= 0.3 is 0 Å². The van der Waals surface area contributed by atoms with Gasteiger partial charge in [0.1, 0.15) is 17.2 Å². The van der Waals surface area contributed by atoms with E-state index in [0.29, 0.717) is 0 Å². The van der Waals surface area contributed by atoms with Crippen LogP contribution in [0.5, 0.6) is 17.2 Å². The second-order valence-corrected chi connectivity index (χ2v) is 16.1. The van der Waals surface area contributed by atoms with Crippen molar-refractivity contribution in [3.05, 3.63) is 97.7 Å². The molecule has 4 aromatic carbocycles. The second-order valence-electron chi connectivity index (χ2n) is 16.1. The summed E-state index contributed by atoms with van der Waals surface area (Å²) in [6, 6.07) is 20.4. The van der Waals surface area contributed by atoms with Crippen molar-refractivity contribution >= 4 is 12.2 Å². The lowest BCUT2D eigenvalue weighted by atomic mass is 9.92. The van der Waals surface area contributed by atoms with Crippen LogP contribution in [-0.4, -0.2) is 19.8 Å². The van der Waals surface area contributed by atoms with Crippen LogP contribution in [0.2, 0.25) is 0 Å². The third kappa shape index (κ3) is 8.77. The van der Waals surface area contributed by atoms with E-state index in [2.05, 4.69) is 87.5 Å². The molecule has 3 aliphatic rings. The summed E-state index contributed by atoms with van der Waals surface area (Å²) < 4.78 is 19.0. The smallest absolute Gasteiger partial charge is 0.119 e. The minimum Gasteiger partial charge on any atom is -0.494 e. The summed E-state index contributed by atoms with van der Waals surface area (Å²) in [6.07, 6.45) is 28.7. The SMILES string of the molecule is CCCCCCCCOc1ccc2c(c1)C=c1c-2c2c(c3c1-c1ccc(OCCCCCCCC)cc1C3)=c1ccc(OCCCCCCCC)cc1=C2. The third-order valence-electron chi connectivity index (χ3n) is 11.9. The highest BCUT2D eigenvalue weighted by molar-refractivity contribution is 5.96. The highest BCUT2D eigenvalue weighted by Crippen LogP contribution is 2.44. The van der Waals surface area contributed by atoms with Crippen molar-refractivity contribution in [2.24, 2.45) is 0 Å². The molecule has 0 aromatic heterocycles. The fourth-order valence-electron chi connectivity index (χ4n) is 8.94. The minimum atomic E-state index is 0.783. The molecular formula is C51H64O3. The van der Waals surface area contributed by atoms with Gasteiger partial charge in [-0.05, 0) is 140 Å². The summed E-state index contributed by atoms with van der Waals surface area (Å²) in [6.45, 7) is 9.19. The Bertz CT molecular complexity index is 2110. The van der Waals surface area contributed by atoms with Crippen molar-refractivity contribution in [1.82, 2.24) is 0 Å². The lowest BCUT2D eigenvalue weighted by Crippen LogP contribution is -2.10. The largest absolute Gasteiger partial charge is 0.494 e. The van der Waals surface area contributed by atoms with Crippen LogP contribution in [0.25, 0.3) is 34.4 Å². The van der Waals surface area contributed by atoms with Crippen molar-refractivity contribution < 1.29 is 14.2 Å². The van der Waals surface area contributed by atoms with Crippen molar-refractivity contribution in [3.8, 4) is 39.5 Å². The standard InChI is InChI=1S/C51H64O3/c1-4-7-10-13-16-19-28-52-40-22-25-43-37(31-40)34-46-49(43)47-35-38-32-42(54-30-21-18-15-12-9-6-3)24-27-45(38)51(47)48-36-39-33-41(23-26-44(39)50(46)48)53-29-20-17-14-11-8-5-2/h22-27,31-35H,4-21,28-30,36H2,1-3H3. The lowest BCUT2D eigenvalue weighted by Gasteiger charge is -2.12. The molecule has 0 atom stereocenters. The van der Waals surface area contributed by atoms with Gasteiger partial charge in [-0.25, -0.2) is 0 Å². The van der Waals surface area contributed by atoms with Gasteiger partial charge in [-0.1, -0.05) is 135 Å². The van der Waals surface area contributed by atoms with E-state index in [-0.39, 0.29) is 0 Å². The molecule has 4 aromatic rings. The average molecular weight is 725 g/mol. The Hall–Kier alpha value is -3.98. The summed E-state index contributed by atoms with van der Waals surface area (Å²) >= 11 is 0. The summed E-state index contributed by atoms with van der Waals surface area (Å²) in [5.41, 5.74) is 10.9. The van der Waals surface area contributed by atoms with Crippen LogP contribution in [0.1, 0.15) is 159 Å². The van der Waals surface area contributed by atoms with E-state index in [9.17, 15) is 0 Å². The molecule has 0 fully saturated rings. The van der Waals surface area contributed by atoms with E-state index in [0.717, 1.165) is 62.8 Å². The summed E-state index contributed by atoms with van der Waals surface area (Å²) in [5, 5.41) is 5.36. The average Bonchev–Trinajstić information content (AvgIpc) is 3.87. The number of benzene rings is 4. The molecule has 3 heteroatoms. The maximum Gasteiger partial charge on any atom is 0.119 e. The molecule has 3 aliphatic carbocycles. The second kappa shape index (κ2) is 19.1. The van der Waals surface area contributed by atoms with Crippen LogP contribution in [0.15, 0.2) is 54.6 Å². The van der Waals surface area contributed by atoms with Gasteiger partial charge in [0, 0.05) is 0 Å². The Labute approximate surface area is 325 Å². The number of hydrogen-bond donors (Lipinski definition) is 0. The Morgan fingerprint density at radius 1 is 0.481 bits per heavy atom. The molecule has 0 saturated heterocycles. The van der Waals surface area contributed by atoms with Gasteiger partial charge in [-0.2, -0.15) is 0 Å². The van der Waals surface area contributed by atoms with Gasteiger partial charge in [0.15, 0.2) is 0 Å². The maximum atomic E-state index is 6.34. The Balaban J connectivity index is 1.17. The van der Waals surface area contributed by atoms with Gasteiger partial charge in [0.25, 0.3) is 0 Å². The quantitative estimate of drug-likeness (QED) is 0.0581. The number of fused-ring (bicyclic) bond motifs is 11. The topological polar surface area (TPSA) is 27.7 Å². The summed E-state index contributed by atoms with van der Waals surface area (Å²) in [4.78, 5) is 0. The first-order valence-corrected chi connectivity index (χ1v) is 21.9. The van der Waals surface area contributed by atoms with Crippen LogP contribution in [0.4, 0.5) is 0 Å². The molecular weight excluding hydrogens is 661 g/mol. The molecule has 54 heavy (non-hydrogen) atoms.